The number of fused-ring (bicyclic) bond motifs is 1. The number of ether oxygens (including phenoxy) is 1. The van der Waals surface area contributed by atoms with Gasteiger partial charge in [-0.05, 0) is 43.7 Å². The lowest BCUT2D eigenvalue weighted by Gasteiger charge is -2.22. The van der Waals surface area contributed by atoms with Crippen molar-refractivity contribution in [2.24, 2.45) is 4.99 Å². The lowest BCUT2D eigenvalue weighted by molar-refractivity contribution is -0.142. The molecule has 8 heteroatoms. The fourth-order valence-corrected chi connectivity index (χ4v) is 4.45. The molecule has 1 aliphatic rings. The molecule has 1 unspecified atom stereocenters. The van der Waals surface area contributed by atoms with E-state index in [4.69, 9.17) is 9.73 Å². The Hall–Kier alpha value is -3.13. The third-order valence-corrected chi connectivity index (χ3v) is 6.35. The molecule has 0 fully saturated rings. The number of hydrogen-bond donors (Lipinski definition) is 1. The number of carbonyl (C=O) groups is 2. The molecule has 0 spiro atoms. The summed E-state index contributed by atoms with van der Waals surface area (Å²) in [5, 5.41) is 3.69. The Kier molecular flexibility index (Phi) is 9.06. The van der Waals surface area contributed by atoms with Gasteiger partial charge in [0.05, 0.1) is 34.7 Å². The Labute approximate surface area is 199 Å². The summed E-state index contributed by atoms with van der Waals surface area (Å²) in [4.78, 5) is 36.1. The van der Waals surface area contributed by atoms with E-state index in [9.17, 15) is 9.59 Å². The van der Waals surface area contributed by atoms with Crippen molar-refractivity contribution >= 4 is 40.1 Å². The van der Waals surface area contributed by atoms with Crippen molar-refractivity contribution in [3.8, 4) is 0 Å². The second-order valence-corrected chi connectivity index (χ2v) is 8.81. The lowest BCUT2D eigenvalue weighted by Crippen LogP contribution is -2.36. The van der Waals surface area contributed by atoms with Crippen molar-refractivity contribution in [2.75, 3.05) is 25.5 Å². The molecule has 2 aromatic rings. The number of nitrogens with one attached hydrogen (secondary N) is 1. The fraction of sp³-hybridized carbons (Fsp3) is 0.360. The van der Waals surface area contributed by atoms with Gasteiger partial charge in [-0.3, -0.25) is 14.6 Å². The summed E-state index contributed by atoms with van der Waals surface area (Å²) in [5.41, 5.74) is 3.23. The van der Waals surface area contributed by atoms with Gasteiger partial charge in [0, 0.05) is 37.6 Å². The number of nitrogens with zero attached hydrogens (tertiary/aromatic N) is 3. The van der Waals surface area contributed by atoms with Crippen LogP contribution in [-0.4, -0.2) is 52.3 Å². The number of hydrogen-bond acceptors (Lipinski definition) is 7. The highest BCUT2D eigenvalue weighted by atomic mass is 32.2. The maximum absolute atomic E-state index is 13.2. The minimum Gasteiger partial charge on any atom is -0.466 e. The zero-order valence-electron chi connectivity index (χ0n) is 19.3. The van der Waals surface area contributed by atoms with Gasteiger partial charge >= 0.3 is 5.97 Å². The van der Waals surface area contributed by atoms with Gasteiger partial charge in [-0.1, -0.05) is 36.9 Å². The zero-order chi connectivity index (χ0) is 23.6. The van der Waals surface area contributed by atoms with Crippen LogP contribution in [0.5, 0.6) is 0 Å². The quantitative estimate of drug-likeness (QED) is 0.545. The number of aromatic nitrogens is 1. The summed E-state index contributed by atoms with van der Waals surface area (Å²) in [5.74, 6) is -0.260. The summed E-state index contributed by atoms with van der Waals surface area (Å²) in [6, 6.07) is 13.4. The number of aliphatic imine (C=N–C) groups is 1. The molecule has 1 aromatic heterocycles. The summed E-state index contributed by atoms with van der Waals surface area (Å²) < 4.78 is 5.11. The number of benzene rings is 1. The molecule has 2 heterocycles. The smallest absolute Gasteiger partial charge is 0.311 e. The first-order valence-corrected chi connectivity index (χ1v) is 12.0. The Bertz CT molecular complexity index is 1020. The van der Waals surface area contributed by atoms with Crippen LogP contribution in [0.4, 0.5) is 11.4 Å². The van der Waals surface area contributed by atoms with E-state index in [0.29, 0.717) is 36.7 Å². The van der Waals surface area contributed by atoms with Crippen LogP contribution in [0.25, 0.3) is 0 Å². The van der Waals surface area contributed by atoms with Gasteiger partial charge in [0.1, 0.15) is 0 Å². The number of para-hydroxylation sites is 2. The second-order valence-electron chi connectivity index (χ2n) is 7.59. The number of thioether (sulfide) groups is 1. The zero-order valence-corrected chi connectivity index (χ0v) is 20.1. The van der Waals surface area contributed by atoms with Crippen LogP contribution in [0.2, 0.25) is 0 Å². The molecule has 3 rings (SSSR count). The summed E-state index contributed by atoms with van der Waals surface area (Å²) in [7, 11) is 1.82. The van der Waals surface area contributed by atoms with Crippen LogP contribution in [0.15, 0.2) is 65.4 Å². The number of amides is 1. The molecule has 0 radical (unpaired) electrons. The van der Waals surface area contributed by atoms with Crippen LogP contribution in [0, 0.1) is 0 Å². The minimum absolute atomic E-state index is 0.0481. The number of esters is 1. The van der Waals surface area contributed by atoms with Crippen molar-refractivity contribution in [2.45, 2.75) is 38.4 Å². The van der Waals surface area contributed by atoms with E-state index in [1.54, 1.807) is 18.0 Å². The molecule has 1 N–H and O–H groups in total. The van der Waals surface area contributed by atoms with E-state index < -0.39 is 0 Å². The average molecular weight is 467 g/mol. The molecule has 174 valence electrons. The monoisotopic (exact) mass is 466 g/mol. The first-order chi connectivity index (χ1) is 16.0. The summed E-state index contributed by atoms with van der Waals surface area (Å²) in [6.45, 7) is 4.70. The first-order valence-electron chi connectivity index (χ1n) is 11.1. The Morgan fingerprint density at radius 1 is 1.15 bits per heavy atom. The van der Waals surface area contributed by atoms with Crippen LogP contribution in [-0.2, 0) is 20.7 Å². The first kappa shape index (κ1) is 24.5. The summed E-state index contributed by atoms with van der Waals surface area (Å²) >= 11 is 1.42. The van der Waals surface area contributed by atoms with Crippen LogP contribution in [0.3, 0.4) is 0 Å². The molecule has 0 saturated heterocycles. The van der Waals surface area contributed by atoms with E-state index in [1.807, 2.05) is 62.5 Å². The van der Waals surface area contributed by atoms with E-state index in [-0.39, 0.29) is 23.5 Å². The second kappa shape index (κ2) is 12.2. The van der Waals surface area contributed by atoms with E-state index in [1.165, 1.54) is 11.8 Å². The molecule has 0 saturated carbocycles. The number of pyridine rings is 1. The number of carbonyl (C=O) groups excluding carboxylic acids is 2. The standard InChI is InChI=1S/C25H30N4O3S/c1-4-22(25(31)29(3)15-13-18-10-8-9-14-26-18)33-23-16-19(17-24(30)32-5-2)27-20-11-6-7-12-21(20)28-23/h6-12,14,16,22,27H,4-5,13,15,17H2,1-3H3. The Morgan fingerprint density at radius 2 is 1.94 bits per heavy atom. The molecule has 7 nitrogen and oxygen atoms in total. The van der Waals surface area contributed by atoms with Gasteiger partial charge in [-0.15, -0.1) is 0 Å². The van der Waals surface area contributed by atoms with E-state index in [2.05, 4.69) is 10.3 Å². The maximum atomic E-state index is 13.2. The number of rotatable bonds is 9. The van der Waals surface area contributed by atoms with E-state index >= 15 is 0 Å². The van der Waals surface area contributed by atoms with Gasteiger partial charge in [-0.25, -0.2) is 4.99 Å². The Morgan fingerprint density at radius 3 is 2.67 bits per heavy atom. The van der Waals surface area contributed by atoms with Crippen molar-refractivity contribution in [1.29, 1.82) is 0 Å². The highest BCUT2D eigenvalue weighted by Crippen LogP contribution is 2.32. The van der Waals surface area contributed by atoms with Gasteiger partial charge in [0.25, 0.3) is 0 Å². The van der Waals surface area contributed by atoms with Crippen LogP contribution >= 0.6 is 11.8 Å². The molecule has 1 aromatic carbocycles. The van der Waals surface area contributed by atoms with Crippen molar-refractivity contribution < 1.29 is 14.3 Å². The highest BCUT2D eigenvalue weighted by molar-refractivity contribution is 8.15. The number of anilines is 1. The predicted molar refractivity (Wildman–Crippen MR) is 134 cm³/mol. The third-order valence-electron chi connectivity index (χ3n) is 5.08. The van der Waals surface area contributed by atoms with Crippen molar-refractivity contribution in [3.05, 3.63) is 66.1 Å². The average Bonchev–Trinajstić information content (AvgIpc) is 2.99. The normalized spacial score (nSPS) is 13.5. The van der Waals surface area contributed by atoms with Gasteiger partial charge in [-0.2, -0.15) is 0 Å². The van der Waals surface area contributed by atoms with E-state index in [0.717, 1.165) is 17.1 Å². The predicted octanol–water partition coefficient (Wildman–Crippen LogP) is 4.59. The molecule has 33 heavy (non-hydrogen) atoms. The van der Waals surface area contributed by atoms with Crippen molar-refractivity contribution in [3.63, 3.8) is 0 Å². The van der Waals surface area contributed by atoms with Crippen LogP contribution in [0.1, 0.15) is 32.4 Å². The highest BCUT2D eigenvalue weighted by Gasteiger charge is 2.24. The largest absolute Gasteiger partial charge is 0.466 e. The summed E-state index contributed by atoms with van der Waals surface area (Å²) in [6.07, 6.45) is 5.07. The molecule has 0 bridgehead atoms. The van der Waals surface area contributed by atoms with Gasteiger partial charge in [0.15, 0.2) is 0 Å². The molecule has 0 aliphatic carbocycles. The van der Waals surface area contributed by atoms with Gasteiger partial charge < -0.3 is 15.0 Å². The number of likely N-dealkylation sites (N-methyl/N-ethyl adjacent to an activating group) is 1. The fourth-order valence-electron chi connectivity index (χ4n) is 3.35. The molecule has 1 atom stereocenters. The third kappa shape index (κ3) is 7.18. The van der Waals surface area contributed by atoms with Gasteiger partial charge in [0.2, 0.25) is 5.91 Å². The van der Waals surface area contributed by atoms with Crippen LogP contribution < -0.4 is 5.32 Å². The molecular weight excluding hydrogens is 436 g/mol. The van der Waals surface area contributed by atoms with Crippen molar-refractivity contribution in [1.82, 2.24) is 9.88 Å². The molecule has 1 amide bonds. The Balaban J connectivity index is 1.74. The topological polar surface area (TPSA) is 83.9 Å². The SMILES string of the molecule is CCOC(=O)CC1=CC(SC(CC)C(=O)N(C)CCc2ccccn2)=Nc2ccccc2N1. The molecular formula is C25H30N4O3S. The minimum atomic E-state index is -0.308. The lowest BCUT2D eigenvalue weighted by atomic mass is 10.2. The molecule has 1 aliphatic heterocycles. The maximum Gasteiger partial charge on any atom is 0.311 e.